The van der Waals surface area contributed by atoms with Crippen molar-refractivity contribution in [1.29, 1.82) is 0 Å². The number of carbonyl (C=O) groups is 1. The van der Waals surface area contributed by atoms with Gasteiger partial charge in [-0.1, -0.05) is 0 Å². The lowest BCUT2D eigenvalue weighted by Gasteiger charge is -2.08. The maximum absolute atomic E-state index is 13.5. The third kappa shape index (κ3) is 3.97. The summed E-state index contributed by atoms with van der Waals surface area (Å²) in [5.41, 5.74) is -0.618. The number of sulfone groups is 1. The summed E-state index contributed by atoms with van der Waals surface area (Å²) < 4.78 is 55.5. The SMILES string of the molecule is CCOCCCS(=O)(=O)c1cc(C(=O)O)cc(F)c1F. The number of carboxylic acids is 1. The minimum atomic E-state index is -4.11. The van der Waals surface area contributed by atoms with Gasteiger partial charge in [0.15, 0.2) is 21.5 Å². The van der Waals surface area contributed by atoms with E-state index in [9.17, 15) is 22.0 Å². The highest BCUT2D eigenvalue weighted by Crippen LogP contribution is 2.21. The molecule has 0 unspecified atom stereocenters. The first-order valence-corrected chi connectivity index (χ1v) is 7.47. The van der Waals surface area contributed by atoms with Gasteiger partial charge < -0.3 is 9.84 Å². The molecule has 1 aromatic rings. The van der Waals surface area contributed by atoms with Crippen molar-refractivity contribution in [2.75, 3.05) is 19.0 Å². The largest absolute Gasteiger partial charge is 0.478 e. The average Bonchev–Trinajstić information content (AvgIpc) is 2.37. The monoisotopic (exact) mass is 308 g/mol. The van der Waals surface area contributed by atoms with Gasteiger partial charge in [0.1, 0.15) is 4.90 Å². The summed E-state index contributed by atoms with van der Waals surface area (Å²) >= 11 is 0. The van der Waals surface area contributed by atoms with E-state index in [1.165, 1.54) is 0 Å². The van der Waals surface area contributed by atoms with E-state index in [1.54, 1.807) is 6.92 Å². The Labute approximate surface area is 115 Å². The minimum absolute atomic E-state index is 0.106. The molecule has 20 heavy (non-hydrogen) atoms. The van der Waals surface area contributed by atoms with Crippen molar-refractivity contribution in [1.82, 2.24) is 0 Å². The Kier molecular flexibility index (Phi) is 5.58. The van der Waals surface area contributed by atoms with Crippen LogP contribution in [0.3, 0.4) is 0 Å². The average molecular weight is 308 g/mol. The van der Waals surface area contributed by atoms with Crippen LogP contribution in [0.15, 0.2) is 17.0 Å². The summed E-state index contributed by atoms with van der Waals surface area (Å²) in [4.78, 5) is 9.80. The van der Waals surface area contributed by atoms with Gasteiger partial charge in [0, 0.05) is 13.2 Å². The summed E-state index contributed by atoms with van der Waals surface area (Å²) in [6.45, 7) is 2.32. The molecule has 1 N–H and O–H groups in total. The van der Waals surface area contributed by atoms with Crippen LogP contribution < -0.4 is 0 Å². The molecule has 0 atom stereocenters. The van der Waals surface area contributed by atoms with Crippen LogP contribution in [-0.2, 0) is 14.6 Å². The van der Waals surface area contributed by atoms with E-state index in [2.05, 4.69) is 0 Å². The zero-order valence-corrected chi connectivity index (χ0v) is 11.5. The van der Waals surface area contributed by atoms with Crippen molar-refractivity contribution < 1.29 is 31.8 Å². The highest BCUT2D eigenvalue weighted by Gasteiger charge is 2.24. The lowest BCUT2D eigenvalue weighted by Crippen LogP contribution is -2.13. The van der Waals surface area contributed by atoms with Crippen molar-refractivity contribution in [2.45, 2.75) is 18.2 Å². The van der Waals surface area contributed by atoms with Crippen molar-refractivity contribution in [2.24, 2.45) is 0 Å². The quantitative estimate of drug-likeness (QED) is 0.778. The smallest absolute Gasteiger partial charge is 0.335 e. The lowest BCUT2D eigenvalue weighted by atomic mass is 10.2. The van der Waals surface area contributed by atoms with Gasteiger partial charge in [-0.05, 0) is 25.5 Å². The molecule has 0 saturated carbocycles. The predicted molar refractivity (Wildman–Crippen MR) is 66.5 cm³/mol. The zero-order chi connectivity index (χ0) is 15.3. The molecule has 0 aliphatic carbocycles. The molecule has 0 heterocycles. The van der Waals surface area contributed by atoms with Crippen molar-refractivity contribution in [3.63, 3.8) is 0 Å². The lowest BCUT2D eigenvalue weighted by molar-refractivity contribution is 0.0696. The predicted octanol–water partition coefficient (Wildman–Crippen LogP) is 1.86. The van der Waals surface area contributed by atoms with Crippen LogP contribution in [0.4, 0.5) is 8.78 Å². The molecule has 0 bridgehead atoms. The fourth-order valence-electron chi connectivity index (χ4n) is 1.52. The normalized spacial score (nSPS) is 11.6. The van der Waals surface area contributed by atoms with Crippen molar-refractivity contribution in [3.05, 3.63) is 29.3 Å². The van der Waals surface area contributed by atoms with E-state index in [4.69, 9.17) is 9.84 Å². The molecule has 0 radical (unpaired) electrons. The molecule has 0 amide bonds. The fraction of sp³-hybridized carbons (Fsp3) is 0.417. The first-order valence-electron chi connectivity index (χ1n) is 5.82. The molecule has 5 nitrogen and oxygen atoms in total. The number of halogens is 2. The highest BCUT2D eigenvalue weighted by atomic mass is 32.2. The van der Waals surface area contributed by atoms with Gasteiger partial charge in [-0.2, -0.15) is 0 Å². The molecule has 0 aromatic heterocycles. The molecule has 1 rings (SSSR count). The molecular formula is C12H14F2O5S. The second-order valence-corrected chi connectivity index (χ2v) is 6.02. The van der Waals surface area contributed by atoms with Gasteiger partial charge >= 0.3 is 5.97 Å². The maximum atomic E-state index is 13.5. The number of aromatic carboxylic acids is 1. The van der Waals surface area contributed by atoms with E-state index in [0.29, 0.717) is 18.7 Å². The number of ether oxygens (including phenoxy) is 1. The van der Waals surface area contributed by atoms with Gasteiger partial charge in [-0.25, -0.2) is 22.0 Å². The van der Waals surface area contributed by atoms with Gasteiger partial charge in [0.05, 0.1) is 11.3 Å². The summed E-state index contributed by atoms with van der Waals surface area (Å²) in [5, 5.41) is 8.73. The fourth-order valence-corrected chi connectivity index (χ4v) is 2.91. The third-order valence-electron chi connectivity index (χ3n) is 2.48. The third-order valence-corrected chi connectivity index (χ3v) is 4.28. The Morgan fingerprint density at radius 1 is 1.35 bits per heavy atom. The molecule has 0 fully saturated rings. The van der Waals surface area contributed by atoms with Gasteiger partial charge in [0.25, 0.3) is 0 Å². The number of benzene rings is 1. The molecule has 1 aromatic carbocycles. The van der Waals surface area contributed by atoms with Crippen LogP contribution in [0, 0.1) is 11.6 Å². The topological polar surface area (TPSA) is 80.7 Å². The van der Waals surface area contributed by atoms with Crippen LogP contribution in [-0.4, -0.2) is 38.5 Å². The van der Waals surface area contributed by atoms with Crippen molar-refractivity contribution >= 4 is 15.8 Å². The molecule has 0 spiro atoms. The molecular weight excluding hydrogens is 294 g/mol. The molecule has 0 aliphatic rings. The van der Waals surface area contributed by atoms with Crippen LogP contribution in [0.25, 0.3) is 0 Å². The summed E-state index contributed by atoms with van der Waals surface area (Å²) in [6.07, 6.45) is 0.106. The van der Waals surface area contributed by atoms with Crippen molar-refractivity contribution in [3.8, 4) is 0 Å². The van der Waals surface area contributed by atoms with Crippen LogP contribution >= 0.6 is 0 Å². The van der Waals surface area contributed by atoms with Gasteiger partial charge in [0.2, 0.25) is 0 Å². The van der Waals surface area contributed by atoms with E-state index in [1.807, 2.05) is 0 Å². The number of hydrogen-bond donors (Lipinski definition) is 1. The van der Waals surface area contributed by atoms with Gasteiger partial charge in [-0.3, -0.25) is 0 Å². The Morgan fingerprint density at radius 2 is 2.00 bits per heavy atom. The Bertz CT molecular complexity index is 598. The Hall–Kier alpha value is -1.54. The Balaban J connectivity index is 3.07. The summed E-state index contributed by atoms with van der Waals surface area (Å²) in [5.74, 6) is -5.05. The Morgan fingerprint density at radius 3 is 2.55 bits per heavy atom. The summed E-state index contributed by atoms with van der Waals surface area (Å²) in [6, 6.07) is 1.06. The number of hydrogen-bond acceptors (Lipinski definition) is 4. The molecule has 0 aliphatic heterocycles. The molecule has 112 valence electrons. The first kappa shape index (κ1) is 16.5. The minimum Gasteiger partial charge on any atom is -0.478 e. The van der Waals surface area contributed by atoms with E-state index < -0.39 is 43.7 Å². The first-order chi connectivity index (χ1) is 9.29. The molecule has 8 heteroatoms. The van der Waals surface area contributed by atoms with E-state index in [0.717, 1.165) is 0 Å². The number of carboxylic acid groups (broad SMARTS) is 1. The van der Waals surface area contributed by atoms with E-state index >= 15 is 0 Å². The second-order valence-electron chi connectivity index (χ2n) is 3.94. The zero-order valence-electron chi connectivity index (χ0n) is 10.7. The van der Waals surface area contributed by atoms with Crippen LogP contribution in [0.2, 0.25) is 0 Å². The maximum Gasteiger partial charge on any atom is 0.335 e. The summed E-state index contributed by atoms with van der Waals surface area (Å²) in [7, 11) is -4.11. The number of rotatable bonds is 7. The standard InChI is InChI=1S/C12H14F2O5S/c1-2-19-4-3-5-20(17,18)10-7-8(12(15)16)6-9(13)11(10)14/h6-7H,2-5H2,1H3,(H,15,16). The van der Waals surface area contributed by atoms with Gasteiger partial charge in [-0.15, -0.1) is 0 Å². The van der Waals surface area contributed by atoms with Crippen LogP contribution in [0.5, 0.6) is 0 Å². The van der Waals surface area contributed by atoms with Crippen LogP contribution in [0.1, 0.15) is 23.7 Å². The molecule has 0 saturated heterocycles. The van der Waals surface area contributed by atoms with E-state index in [-0.39, 0.29) is 13.0 Å². The highest BCUT2D eigenvalue weighted by molar-refractivity contribution is 7.91. The second kappa shape index (κ2) is 6.76.